The summed E-state index contributed by atoms with van der Waals surface area (Å²) in [6, 6.07) is 18.5. The van der Waals surface area contributed by atoms with Crippen LogP contribution in [0.1, 0.15) is 25.3 Å². The van der Waals surface area contributed by atoms with E-state index in [-0.39, 0.29) is 11.8 Å². The second-order valence-electron chi connectivity index (χ2n) is 5.39. The van der Waals surface area contributed by atoms with Gasteiger partial charge in [0.15, 0.2) is 0 Å². The summed E-state index contributed by atoms with van der Waals surface area (Å²) in [7, 11) is 0. The van der Waals surface area contributed by atoms with Gasteiger partial charge in [-0.05, 0) is 36.5 Å². The Kier molecular flexibility index (Phi) is 3.82. The third kappa shape index (κ3) is 3.37. The summed E-state index contributed by atoms with van der Waals surface area (Å²) in [5.41, 5.74) is 6.85. The van der Waals surface area contributed by atoms with Crippen molar-refractivity contribution in [3.8, 4) is 11.1 Å². The maximum atomic E-state index is 11.6. The standard InChI is InChI=1S/C18H18N2O/c1-13(19-20-18(21)17-11-12-17)14-7-9-16(10-8-14)15-5-3-2-4-6-15/h2-10,17H,11-12H2,1H3,(H,20,21). The molecular formula is C18H18N2O. The zero-order valence-corrected chi connectivity index (χ0v) is 12.0. The number of hydrogen-bond acceptors (Lipinski definition) is 2. The smallest absolute Gasteiger partial charge is 0.243 e. The summed E-state index contributed by atoms with van der Waals surface area (Å²) in [5.74, 6) is 0.220. The number of rotatable bonds is 4. The van der Waals surface area contributed by atoms with Crippen LogP contribution in [-0.2, 0) is 4.79 Å². The first-order valence-electron chi connectivity index (χ1n) is 7.24. The SMILES string of the molecule is CC(=NNC(=O)C1CC1)c1ccc(-c2ccccc2)cc1. The molecule has 3 heteroatoms. The quantitative estimate of drug-likeness (QED) is 0.673. The van der Waals surface area contributed by atoms with Crippen molar-refractivity contribution in [1.82, 2.24) is 5.43 Å². The summed E-state index contributed by atoms with van der Waals surface area (Å²) in [6.07, 6.45) is 1.98. The third-order valence-corrected chi connectivity index (χ3v) is 3.69. The Morgan fingerprint density at radius 3 is 2.24 bits per heavy atom. The maximum absolute atomic E-state index is 11.6. The van der Waals surface area contributed by atoms with E-state index in [1.54, 1.807) is 0 Å². The molecule has 0 saturated heterocycles. The molecule has 0 atom stereocenters. The van der Waals surface area contributed by atoms with Crippen LogP contribution < -0.4 is 5.43 Å². The van der Waals surface area contributed by atoms with Gasteiger partial charge in [0.2, 0.25) is 5.91 Å². The Morgan fingerprint density at radius 2 is 1.62 bits per heavy atom. The van der Waals surface area contributed by atoms with E-state index >= 15 is 0 Å². The van der Waals surface area contributed by atoms with E-state index in [2.05, 4.69) is 34.8 Å². The minimum Gasteiger partial charge on any atom is -0.273 e. The van der Waals surface area contributed by atoms with Crippen LogP contribution in [0.4, 0.5) is 0 Å². The molecule has 3 rings (SSSR count). The molecule has 3 nitrogen and oxygen atoms in total. The third-order valence-electron chi connectivity index (χ3n) is 3.69. The highest BCUT2D eigenvalue weighted by Crippen LogP contribution is 2.28. The summed E-state index contributed by atoms with van der Waals surface area (Å²) in [4.78, 5) is 11.6. The van der Waals surface area contributed by atoms with Crippen LogP contribution in [0.3, 0.4) is 0 Å². The minimum absolute atomic E-state index is 0.0373. The van der Waals surface area contributed by atoms with Gasteiger partial charge < -0.3 is 0 Å². The normalized spacial score (nSPS) is 14.8. The van der Waals surface area contributed by atoms with Gasteiger partial charge in [0.25, 0.3) is 0 Å². The molecule has 1 fully saturated rings. The molecule has 0 aromatic heterocycles. The van der Waals surface area contributed by atoms with Crippen molar-refractivity contribution < 1.29 is 4.79 Å². The van der Waals surface area contributed by atoms with Crippen LogP contribution in [0.25, 0.3) is 11.1 Å². The van der Waals surface area contributed by atoms with Gasteiger partial charge in [-0.15, -0.1) is 0 Å². The molecule has 0 radical (unpaired) electrons. The van der Waals surface area contributed by atoms with Crippen molar-refractivity contribution in [2.75, 3.05) is 0 Å². The summed E-state index contributed by atoms with van der Waals surface area (Å²) in [6.45, 7) is 1.91. The maximum Gasteiger partial charge on any atom is 0.243 e. The number of nitrogens with zero attached hydrogens (tertiary/aromatic N) is 1. The summed E-state index contributed by atoms with van der Waals surface area (Å²) < 4.78 is 0. The van der Waals surface area contributed by atoms with Gasteiger partial charge in [0.1, 0.15) is 0 Å². The number of hydrogen-bond donors (Lipinski definition) is 1. The zero-order valence-electron chi connectivity index (χ0n) is 12.0. The molecule has 0 aliphatic heterocycles. The second kappa shape index (κ2) is 5.92. The fourth-order valence-corrected chi connectivity index (χ4v) is 2.17. The van der Waals surface area contributed by atoms with Gasteiger partial charge in [-0.1, -0.05) is 54.6 Å². The van der Waals surface area contributed by atoms with Gasteiger partial charge in [0, 0.05) is 5.92 Å². The van der Waals surface area contributed by atoms with Gasteiger partial charge in [0.05, 0.1) is 5.71 Å². The molecule has 1 aliphatic rings. The first-order chi connectivity index (χ1) is 10.2. The Bertz CT molecular complexity index is 655. The van der Waals surface area contributed by atoms with E-state index in [0.29, 0.717) is 0 Å². The largest absolute Gasteiger partial charge is 0.273 e. The van der Waals surface area contributed by atoms with Gasteiger partial charge in [-0.3, -0.25) is 4.79 Å². The van der Waals surface area contributed by atoms with E-state index < -0.39 is 0 Å². The molecule has 106 valence electrons. The molecule has 1 amide bonds. The Balaban J connectivity index is 1.71. The first-order valence-corrected chi connectivity index (χ1v) is 7.24. The Labute approximate surface area is 124 Å². The lowest BCUT2D eigenvalue weighted by molar-refractivity contribution is -0.122. The summed E-state index contributed by atoms with van der Waals surface area (Å²) in [5, 5.41) is 4.18. The molecule has 0 bridgehead atoms. The van der Waals surface area contributed by atoms with Gasteiger partial charge in [-0.25, -0.2) is 5.43 Å². The van der Waals surface area contributed by atoms with Crippen LogP contribution in [-0.4, -0.2) is 11.6 Å². The van der Waals surface area contributed by atoms with E-state index in [9.17, 15) is 4.79 Å². The van der Waals surface area contributed by atoms with Crippen molar-refractivity contribution in [3.05, 3.63) is 60.2 Å². The molecule has 2 aromatic carbocycles. The molecule has 2 aromatic rings. The summed E-state index contributed by atoms with van der Waals surface area (Å²) >= 11 is 0. The highest BCUT2D eigenvalue weighted by Gasteiger charge is 2.29. The number of hydrazone groups is 1. The van der Waals surface area contributed by atoms with Gasteiger partial charge in [-0.2, -0.15) is 5.10 Å². The van der Waals surface area contributed by atoms with Crippen LogP contribution in [0, 0.1) is 5.92 Å². The number of nitrogens with one attached hydrogen (secondary N) is 1. The average molecular weight is 278 g/mol. The monoisotopic (exact) mass is 278 g/mol. The molecular weight excluding hydrogens is 260 g/mol. The first kappa shape index (κ1) is 13.6. The van der Waals surface area contributed by atoms with Crippen molar-refractivity contribution >= 4 is 11.6 Å². The lowest BCUT2D eigenvalue weighted by atomic mass is 10.0. The molecule has 21 heavy (non-hydrogen) atoms. The van der Waals surface area contributed by atoms with E-state index in [1.807, 2.05) is 37.3 Å². The predicted molar refractivity (Wildman–Crippen MR) is 85.0 cm³/mol. The van der Waals surface area contributed by atoms with E-state index in [4.69, 9.17) is 0 Å². The minimum atomic E-state index is 0.0373. The highest BCUT2D eigenvalue weighted by molar-refractivity contribution is 5.99. The predicted octanol–water partition coefficient (Wildman–Crippen LogP) is 3.60. The molecule has 0 spiro atoms. The average Bonchev–Trinajstić information content (AvgIpc) is 3.38. The molecule has 1 aliphatic carbocycles. The number of carbonyl (C=O) groups is 1. The van der Waals surface area contributed by atoms with Crippen LogP contribution in [0.5, 0.6) is 0 Å². The van der Waals surface area contributed by atoms with Crippen molar-refractivity contribution in [1.29, 1.82) is 0 Å². The highest BCUT2D eigenvalue weighted by atomic mass is 16.2. The van der Waals surface area contributed by atoms with Crippen molar-refractivity contribution in [2.45, 2.75) is 19.8 Å². The molecule has 0 unspecified atom stereocenters. The van der Waals surface area contributed by atoms with E-state index in [0.717, 1.165) is 24.1 Å². The van der Waals surface area contributed by atoms with Gasteiger partial charge >= 0.3 is 0 Å². The van der Waals surface area contributed by atoms with Crippen LogP contribution in [0.15, 0.2) is 59.7 Å². The fourth-order valence-electron chi connectivity index (χ4n) is 2.17. The molecule has 1 N–H and O–H groups in total. The van der Waals surface area contributed by atoms with Crippen molar-refractivity contribution in [3.63, 3.8) is 0 Å². The lowest BCUT2D eigenvalue weighted by Crippen LogP contribution is -2.20. The van der Waals surface area contributed by atoms with Crippen molar-refractivity contribution in [2.24, 2.45) is 11.0 Å². The van der Waals surface area contributed by atoms with Crippen LogP contribution in [0.2, 0.25) is 0 Å². The fraction of sp³-hybridized carbons (Fsp3) is 0.222. The topological polar surface area (TPSA) is 41.5 Å². The molecule has 0 heterocycles. The zero-order chi connectivity index (χ0) is 14.7. The Morgan fingerprint density at radius 1 is 1.00 bits per heavy atom. The second-order valence-corrected chi connectivity index (χ2v) is 5.39. The van der Waals surface area contributed by atoms with E-state index in [1.165, 1.54) is 11.1 Å². The lowest BCUT2D eigenvalue weighted by Gasteiger charge is -2.05. The number of benzene rings is 2. The molecule has 1 saturated carbocycles. The number of amides is 1. The number of carbonyl (C=O) groups excluding carboxylic acids is 1. The van der Waals surface area contributed by atoms with Crippen LogP contribution >= 0.6 is 0 Å². The Hall–Kier alpha value is -2.42.